The van der Waals surface area contributed by atoms with Gasteiger partial charge in [0.15, 0.2) is 0 Å². The van der Waals surface area contributed by atoms with E-state index in [1.807, 2.05) is 24.3 Å². The summed E-state index contributed by atoms with van der Waals surface area (Å²) in [7, 11) is 0. The number of nitrogens with two attached hydrogens (primary N) is 1. The van der Waals surface area contributed by atoms with Gasteiger partial charge in [-0.2, -0.15) is 0 Å². The van der Waals surface area contributed by atoms with Crippen molar-refractivity contribution < 1.29 is 5.11 Å². The summed E-state index contributed by atoms with van der Waals surface area (Å²) in [5.74, 6) is 0. The van der Waals surface area contributed by atoms with Gasteiger partial charge < -0.3 is 16.2 Å². The molecule has 4 nitrogen and oxygen atoms in total. The van der Waals surface area contributed by atoms with Crippen molar-refractivity contribution in [2.45, 2.75) is 0 Å². The molecule has 1 aromatic heterocycles. The number of aliphatic hydroxyl groups excluding tert-OH is 1. The smallest absolute Gasteiger partial charge is 0.0743 e. The fourth-order valence-corrected chi connectivity index (χ4v) is 1.53. The lowest BCUT2D eigenvalue weighted by atomic mass is 10.1. The summed E-state index contributed by atoms with van der Waals surface area (Å²) in [5, 5.41) is 12.8. The molecule has 0 saturated heterocycles. The molecule has 0 atom stereocenters. The van der Waals surface area contributed by atoms with Gasteiger partial charge in [-0.1, -0.05) is 18.2 Å². The molecule has 17 heavy (non-hydrogen) atoms. The van der Waals surface area contributed by atoms with Crippen molar-refractivity contribution in [3.8, 4) is 0 Å². The van der Waals surface area contributed by atoms with E-state index in [0.29, 0.717) is 12.2 Å². The monoisotopic (exact) mass is 275 g/mol. The molecule has 0 aliphatic heterocycles. The maximum atomic E-state index is 8.77. The Balaban J connectivity index is 0.00000128. The van der Waals surface area contributed by atoms with Crippen LogP contribution in [0.1, 0.15) is 0 Å². The normalized spacial score (nSPS) is 9.24. The number of fused-ring (bicyclic) bond motifs is 1. The van der Waals surface area contributed by atoms with Gasteiger partial charge in [-0.05, 0) is 6.07 Å². The molecule has 4 N–H and O–H groups in total. The number of para-hydroxylation sites is 1. The molecular weight excluding hydrogens is 261 g/mol. The number of halogens is 2. The number of pyridine rings is 1. The number of hydrogen-bond donors (Lipinski definition) is 3. The minimum atomic E-state index is 0. The highest BCUT2D eigenvalue weighted by Gasteiger charge is 2.04. The van der Waals surface area contributed by atoms with Crippen LogP contribution in [-0.2, 0) is 0 Å². The average molecular weight is 276 g/mol. The van der Waals surface area contributed by atoms with E-state index in [9.17, 15) is 0 Å². The van der Waals surface area contributed by atoms with E-state index in [-0.39, 0.29) is 31.4 Å². The van der Waals surface area contributed by atoms with Crippen LogP contribution in [0.25, 0.3) is 10.9 Å². The Bertz CT molecular complexity index is 479. The summed E-state index contributed by atoms with van der Waals surface area (Å²) < 4.78 is 0. The van der Waals surface area contributed by atoms with Crippen LogP contribution >= 0.6 is 24.8 Å². The van der Waals surface area contributed by atoms with Crippen molar-refractivity contribution in [3.05, 3.63) is 30.5 Å². The van der Waals surface area contributed by atoms with E-state index in [4.69, 9.17) is 10.8 Å². The summed E-state index contributed by atoms with van der Waals surface area (Å²) in [6.07, 6.45) is 1.63. The standard InChI is InChI=1S/C11H13N3O.2ClH/c12-9-7-14-10-4-2-1-3-8(10)11(9)13-5-6-15;;/h1-4,7,15H,5-6,12H2,(H,13,14);2*1H. The summed E-state index contributed by atoms with van der Waals surface area (Å²) in [5.41, 5.74) is 8.16. The second kappa shape index (κ2) is 7.17. The zero-order valence-corrected chi connectivity index (χ0v) is 10.7. The van der Waals surface area contributed by atoms with Crippen molar-refractivity contribution in [2.75, 3.05) is 24.2 Å². The first-order valence-electron chi connectivity index (χ1n) is 4.81. The average Bonchev–Trinajstić information content (AvgIpc) is 2.28. The van der Waals surface area contributed by atoms with Crippen molar-refractivity contribution in [1.82, 2.24) is 4.98 Å². The summed E-state index contributed by atoms with van der Waals surface area (Å²) >= 11 is 0. The van der Waals surface area contributed by atoms with E-state index in [1.165, 1.54) is 0 Å². The number of nitrogen functional groups attached to an aromatic ring is 1. The van der Waals surface area contributed by atoms with Crippen LogP contribution in [0, 0.1) is 0 Å². The first-order chi connectivity index (χ1) is 7.33. The molecule has 0 bridgehead atoms. The van der Waals surface area contributed by atoms with Crippen LogP contribution in [-0.4, -0.2) is 23.2 Å². The third-order valence-corrected chi connectivity index (χ3v) is 2.22. The third kappa shape index (κ3) is 3.36. The predicted molar refractivity (Wildman–Crippen MR) is 76.2 cm³/mol. The number of aliphatic hydroxyl groups is 1. The molecule has 2 aromatic rings. The Morgan fingerprint density at radius 2 is 1.94 bits per heavy atom. The number of nitrogens with zero attached hydrogens (tertiary/aromatic N) is 1. The second-order valence-corrected chi connectivity index (χ2v) is 3.26. The number of aromatic nitrogens is 1. The maximum Gasteiger partial charge on any atom is 0.0743 e. The number of benzene rings is 1. The van der Waals surface area contributed by atoms with Crippen LogP contribution in [0.3, 0.4) is 0 Å². The van der Waals surface area contributed by atoms with E-state index < -0.39 is 0 Å². The minimum absolute atomic E-state index is 0. The molecule has 0 spiro atoms. The van der Waals surface area contributed by atoms with Crippen molar-refractivity contribution >= 4 is 47.1 Å². The molecule has 0 radical (unpaired) electrons. The molecule has 0 aliphatic carbocycles. The Morgan fingerprint density at radius 1 is 1.24 bits per heavy atom. The lowest BCUT2D eigenvalue weighted by Crippen LogP contribution is -2.08. The Labute approximate surface area is 112 Å². The summed E-state index contributed by atoms with van der Waals surface area (Å²) in [6, 6.07) is 7.76. The lowest BCUT2D eigenvalue weighted by molar-refractivity contribution is 0.311. The van der Waals surface area contributed by atoms with Gasteiger partial charge >= 0.3 is 0 Å². The van der Waals surface area contributed by atoms with E-state index >= 15 is 0 Å². The molecule has 6 heteroatoms. The molecule has 0 unspecified atom stereocenters. The second-order valence-electron chi connectivity index (χ2n) is 3.26. The zero-order chi connectivity index (χ0) is 10.7. The van der Waals surface area contributed by atoms with E-state index in [2.05, 4.69) is 10.3 Å². The van der Waals surface area contributed by atoms with Gasteiger partial charge in [0.25, 0.3) is 0 Å². The maximum absolute atomic E-state index is 8.77. The van der Waals surface area contributed by atoms with Gasteiger partial charge in [0.05, 0.1) is 29.7 Å². The highest BCUT2D eigenvalue weighted by Crippen LogP contribution is 2.26. The van der Waals surface area contributed by atoms with Gasteiger partial charge in [0.1, 0.15) is 0 Å². The van der Waals surface area contributed by atoms with Gasteiger partial charge in [-0.15, -0.1) is 24.8 Å². The van der Waals surface area contributed by atoms with Crippen LogP contribution < -0.4 is 11.1 Å². The Morgan fingerprint density at radius 3 is 2.65 bits per heavy atom. The fraction of sp³-hybridized carbons (Fsp3) is 0.182. The molecule has 0 amide bonds. The highest BCUT2D eigenvalue weighted by molar-refractivity contribution is 5.96. The quantitative estimate of drug-likeness (QED) is 0.802. The summed E-state index contributed by atoms with van der Waals surface area (Å²) in [6.45, 7) is 0.564. The number of nitrogens with one attached hydrogen (secondary N) is 1. The molecule has 0 aliphatic rings. The highest BCUT2D eigenvalue weighted by atomic mass is 35.5. The van der Waals surface area contributed by atoms with Gasteiger partial charge in [-0.25, -0.2) is 0 Å². The lowest BCUT2D eigenvalue weighted by Gasteiger charge is -2.10. The number of anilines is 2. The van der Waals surface area contributed by atoms with Gasteiger partial charge in [0.2, 0.25) is 0 Å². The van der Waals surface area contributed by atoms with Crippen molar-refractivity contribution in [2.24, 2.45) is 0 Å². The molecule has 2 rings (SSSR count). The van der Waals surface area contributed by atoms with E-state index in [1.54, 1.807) is 6.20 Å². The van der Waals surface area contributed by atoms with E-state index in [0.717, 1.165) is 16.6 Å². The number of rotatable bonds is 3. The fourth-order valence-electron chi connectivity index (χ4n) is 1.53. The molecule has 0 fully saturated rings. The zero-order valence-electron chi connectivity index (χ0n) is 9.09. The topological polar surface area (TPSA) is 71.2 Å². The van der Waals surface area contributed by atoms with Crippen LogP contribution in [0.5, 0.6) is 0 Å². The third-order valence-electron chi connectivity index (χ3n) is 2.22. The van der Waals surface area contributed by atoms with Crippen LogP contribution in [0.2, 0.25) is 0 Å². The molecule has 0 saturated carbocycles. The first-order valence-corrected chi connectivity index (χ1v) is 4.81. The minimum Gasteiger partial charge on any atom is -0.396 e. The molecular formula is C11H15Cl2N3O. The van der Waals surface area contributed by atoms with Crippen LogP contribution in [0.4, 0.5) is 11.4 Å². The van der Waals surface area contributed by atoms with Crippen molar-refractivity contribution in [1.29, 1.82) is 0 Å². The first kappa shape index (κ1) is 15.8. The Kier molecular flexibility index (Phi) is 6.65. The van der Waals surface area contributed by atoms with Crippen LogP contribution in [0.15, 0.2) is 30.5 Å². The van der Waals surface area contributed by atoms with Crippen molar-refractivity contribution in [3.63, 3.8) is 0 Å². The Hall–Kier alpha value is -1.23. The molecule has 1 heterocycles. The summed E-state index contributed by atoms with van der Waals surface area (Å²) in [4.78, 5) is 4.22. The van der Waals surface area contributed by atoms with Gasteiger partial charge in [0, 0.05) is 11.9 Å². The SMILES string of the molecule is Cl.Cl.Nc1cnc2ccccc2c1NCCO. The molecule has 1 aromatic carbocycles. The van der Waals surface area contributed by atoms with Gasteiger partial charge in [-0.3, -0.25) is 4.98 Å². The number of hydrogen-bond acceptors (Lipinski definition) is 4. The predicted octanol–water partition coefficient (Wildman–Crippen LogP) is 2.06. The molecule has 94 valence electrons. The largest absolute Gasteiger partial charge is 0.396 e.